The molecule has 2 N–H and O–H groups in total. The number of rotatable bonds is 7. The number of hydrogen-bond acceptors (Lipinski definition) is 3. The zero-order chi connectivity index (χ0) is 26.3. The summed E-state index contributed by atoms with van der Waals surface area (Å²) in [5, 5.41) is 12.2. The predicted molar refractivity (Wildman–Crippen MR) is 135 cm³/mol. The van der Waals surface area contributed by atoms with Gasteiger partial charge < -0.3 is 15.2 Å². The molecule has 4 nitrogen and oxygen atoms in total. The Balaban J connectivity index is 2.05. The van der Waals surface area contributed by atoms with Crippen LogP contribution in [-0.2, 0) is 11.0 Å². The van der Waals surface area contributed by atoms with Gasteiger partial charge in [-0.25, -0.2) is 0 Å². The Hall–Kier alpha value is -3.74. The molecule has 35 heavy (non-hydrogen) atoms. The molecular formula is C28H30F3NO3. The number of aromatic hydroxyl groups is 1. The molecule has 186 valence electrons. The molecule has 0 aliphatic heterocycles. The van der Waals surface area contributed by atoms with Crippen molar-refractivity contribution in [2.75, 3.05) is 12.4 Å². The lowest BCUT2D eigenvalue weighted by molar-refractivity contribution is -0.137. The number of nitrogens with one attached hydrogen (secondary N) is 1. The van der Waals surface area contributed by atoms with Gasteiger partial charge >= 0.3 is 6.18 Å². The summed E-state index contributed by atoms with van der Waals surface area (Å²) in [6, 6.07) is 4.40. The Labute approximate surface area is 204 Å². The average Bonchev–Trinajstić information content (AvgIpc) is 2.76. The number of carbonyl (C=O) groups is 1. The molecule has 2 aromatic rings. The minimum absolute atomic E-state index is 0.101. The van der Waals surface area contributed by atoms with E-state index in [9.17, 15) is 23.1 Å². The molecule has 2 aromatic carbocycles. The fourth-order valence-corrected chi connectivity index (χ4v) is 3.39. The van der Waals surface area contributed by atoms with Gasteiger partial charge in [0, 0.05) is 6.08 Å². The van der Waals surface area contributed by atoms with Gasteiger partial charge in [-0.2, -0.15) is 13.2 Å². The molecule has 0 bridgehead atoms. The van der Waals surface area contributed by atoms with Crippen molar-refractivity contribution in [1.82, 2.24) is 0 Å². The van der Waals surface area contributed by atoms with Crippen LogP contribution in [0.2, 0.25) is 0 Å². The topological polar surface area (TPSA) is 58.6 Å². The molecule has 7 heteroatoms. The van der Waals surface area contributed by atoms with Gasteiger partial charge in [0.05, 0.1) is 18.4 Å². The summed E-state index contributed by atoms with van der Waals surface area (Å²) in [5.74, 6) is -0.353. The fourth-order valence-electron chi connectivity index (χ4n) is 3.39. The van der Waals surface area contributed by atoms with Crippen molar-refractivity contribution >= 4 is 17.7 Å². The maximum absolute atomic E-state index is 12.7. The van der Waals surface area contributed by atoms with E-state index in [1.807, 2.05) is 39.0 Å². The lowest BCUT2D eigenvalue weighted by Gasteiger charge is -2.13. The highest BCUT2D eigenvalue weighted by molar-refractivity contribution is 6.00. The Morgan fingerprint density at radius 2 is 1.71 bits per heavy atom. The van der Waals surface area contributed by atoms with Gasteiger partial charge in [-0.1, -0.05) is 36.0 Å². The van der Waals surface area contributed by atoms with E-state index in [1.54, 1.807) is 26.2 Å². The molecule has 0 saturated heterocycles. The smallest absolute Gasteiger partial charge is 0.416 e. The summed E-state index contributed by atoms with van der Waals surface area (Å²) >= 11 is 0. The van der Waals surface area contributed by atoms with Gasteiger partial charge in [0.15, 0.2) is 0 Å². The van der Waals surface area contributed by atoms with Gasteiger partial charge in [-0.15, -0.1) is 0 Å². The third kappa shape index (κ3) is 7.64. The largest absolute Gasteiger partial charge is 0.506 e. The zero-order valence-corrected chi connectivity index (χ0v) is 20.7. The van der Waals surface area contributed by atoms with Crippen LogP contribution in [0.25, 0.3) is 6.08 Å². The maximum Gasteiger partial charge on any atom is 0.416 e. The van der Waals surface area contributed by atoms with Crippen LogP contribution in [-0.4, -0.2) is 18.1 Å². The van der Waals surface area contributed by atoms with E-state index in [1.165, 1.54) is 6.08 Å². The summed E-state index contributed by atoms with van der Waals surface area (Å²) in [6.45, 7) is 9.81. The van der Waals surface area contributed by atoms with E-state index in [-0.39, 0.29) is 5.69 Å². The van der Waals surface area contributed by atoms with Crippen LogP contribution in [0.4, 0.5) is 18.9 Å². The third-order valence-electron chi connectivity index (χ3n) is 5.50. The number of carbonyl (C=O) groups excluding carboxylic acids is 1. The van der Waals surface area contributed by atoms with Crippen molar-refractivity contribution in [3.05, 3.63) is 93.6 Å². The molecule has 0 aliphatic carbocycles. The molecule has 2 rings (SSSR count). The standard InChI is InChI=1S/C28H30F3NO3/c1-17(10-12-23-19(3)15-26(35-6)21(5)20(23)4)8-7-9-18(2)14-27(34)32-24-13-11-22(16-25(24)33)28(29,30)31/h7-16,33H,1-6H3,(H,32,34). The van der Waals surface area contributed by atoms with E-state index in [2.05, 4.69) is 18.3 Å². The third-order valence-corrected chi connectivity index (χ3v) is 5.50. The molecule has 0 fully saturated rings. The van der Waals surface area contributed by atoms with Gasteiger partial charge in [0.2, 0.25) is 5.91 Å². The lowest BCUT2D eigenvalue weighted by Crippen LogP contribution is -2.10. The average molecular weight is 486 g/mol. The Kier molecular flexibility index (Phi) is 9.12. The molecule has 1 amide bonds. The van der Waals surface area contributed by atoms with E-state index >= 15 is 0 Å². The van der Waals surface area contributed by atoms with E-state index in [0.717, 1.165) is 45.7 Å². The van der Waals surface area contributed by atoms with Crippen LogP contribution in [0, 0.1) is 20.8 Å². The molecule has 0 aromatic heterocycles. The van der Waals surface area contributed by atoms with Crippen LogP contribution in [0.1, 0.15) is 41.7 Å². The van der Waals surface area contributed by atoms with E-state index < -0.39 is 23.4 Å². The number of alkyl halides is 3. The van der Waals surface area contributed by atoms with Crippen LogP contribution in [0.5, 0.6) is 11.5 Å². The quantitative estimate of drug-likeness (QED) is 0.243. The summed E-state index contributed by atoms with van der Waals surface area (Å²) in [5.41, 5.74) is 5.04. The number of allylic oxidation sites excluding steroid dienone is 6. The Bertz CT molecular complexity index is 1220. The number of methoxy groups -OCH3 is 1. The number of benzene rings is 2. The predicted octanol–water partition coefficient (Wildman–Crippen LogP) is 7.45. The summed E-state index contributed by atoms with van der Waals surface area (Å²) in [4.78, 5) is 12.2. The molecule has 0 radical (unpaired) electrons. The Morgan fingerprint density at radius 3 is 2.31 bits per heavy atom. The SMILES string of the molecule is COc1cc(C)c(C=CC(C)=CC=CC(C)=CC(=O)Nc2ccc(C(F)(F)F)cc2O)c(C)c1C. The number of hydrogen-bond donors (Lipinski definition) is 2. The highest BCUT2D eigenvalue weighted by Gasteiger charge is 2.31. The zero-order valence-electron chi connectivity index (χ0n) is 20.7. The number of phenolic OH excluding ortho intramolecular Hbond substituents is 1. The fraction of sp³-hybridized carbons (Fsp3) is 0.250. The van der Waals surface area contributed by atoms with Crippen molar-refractivity contribution in [2.45, 2.75) is 40.8 Å². The van der Waals surface area contributed by atoms with Crippen molar-refractivity contribution in [2.24, 2.45) is 0 Å². The van der Waals surface area contributed by atoms with Crippen LogP contribution in [0.15, 0.2) is 65.8 Å². The van der Waals surface area contributed by atoms with E-state index in [0.29, 0.717) is 11.6 Å². The molecule has 0 aliphatic rings. The molecular weight excluding hydrogens is 455 g/mol. The summed E-state index contributed by atoms with van der Waals surface area (Å²) in [7, 11) is 1.66. The van der Waals surface area contributed by atoms with Crippen molar-refractivity contribution < 1.29 is 27.8 Å². The first-order chi connectivity index (χ1) is 16.3. The van der Waals surface area contributed by atoms with Gasteiger partial charge in [-0.05, 0) is 86.7 Å². The molecule has 0 heterocycles. The van der Waals surface area contributed by atoms with Crippen LogP contribution >= 0.6 is 0 Å². The van der Waals surface area contributed by atoms with Gasteiger partial charge in [-0.3, -0.25) is 4.79 Å². The number of phenols is 1. The normalized spacial score (nSPS) is 13.1. The number of halogens is 3. The molecule has 0 unspecified atom stereocenters. The number of ether oxygens (including phenoxy) is 1. The molecule has 0 spiro atoms. The van der Waals surface area contributed by atoms with Crippen molar-refractivity contribution in [3.63, 3.8) is 0 Å². The Morgan fingerprint density at radius 1 is 1.03 bits per heavy atom. The van der Waals surface area contributed by atoms with Crippen molar-refractivity contribution in [3.8, 4) is 11.5 Å². The van der Waals surface area contributed by atoms with Gasteiger partial charge in [0.25, 0.3) is 0 Å². The second-order valence-electron chi connectivity index (χ2n) is 8.27. The minimum Gasteiger partial charge on any atom is -0.506 e. The number of amides is 1. The highest BCUT2D eigenvalue weighted by Crippen LogP contribution is 2.34. The van der Waals surface area contributed by atoms with Crippen LogP contribution in [0.3, 0.4) is 0 Å². The van der Waals surface area contributed by atoms with Crippen LogP contribution < -0.4 is 10.1 Å². The summed E-state index contributed by atoms with van der Waals surface area (Å²) < 4.78 is 43.5. The second kappa shape index (κ2) is 11.6. The number of aryl methyl sites for hydroxylation is 1. The maximum atomic E-state index is 12.7. The van der Waals surface area contributed by atoms with E-state index in [4.69, 9.17) is 4.74 Å². The monoisotopic (exact) mass is 485 g/mol. The lowest BCUT2D eigenvalue weighted by atomic mass is 9.96. The second-order valence-corrected chi connectivity index (χ2v) is 8.27. The first kappa shape index (κ1) is 27.5. The van der Waals surface area contributed by atoms with Gasteiger partial charge in [0.1, 0.15) is 11.5 Å². The van der Waals surface area contributed by atoms with Crippen molar-refractivity contribution in [1.29, 1.82) is 0 Å². The summed E-state index contributed by atoms with van der Waals surface area (Å²) in [6.07, 6.45) is 6.21. The molecule has 0 saturated carbocycles. The minimum atomic E-state index is -4.58. The number of anilines is 1. The first-order valence-electron chi connectivity index (χ1n) is 10.9. The highest BCUT2D eigenvalue weighted by atomic mass is 19.4. The molecule has 0 atom stereocenters. The first-order valence-corrected chi connectivity index (χ1v) is 10.9.